The van der Waals surface area contributed by atoms with Crippen LogP contribution < -0.4 is 14.8 Å². The number of halogens is 2. The zero-order valence-corrected chi connectivity index (χ0v) is 19.2. The SMILES string of the molecule is COc1cc(CNCc2ccc(F)cc2)ccc1OCc1nnnn1-c1ccc(C)cc1.Cl. The molecule has 7 nitrogen and oxygen atoms in total. The first-order valence-corrected chi connectivity index (χ1v) is 10.2. The Morgan fingerprint density at radius 2 is 1.61 bits per heavy atom. The van der Waals surface area contributed by atoms with Gasteiger partial charge in [-0.2, -0.15) is 4.68 Å². The van der Waals surface area contributed by atoms with Crippen LogP contribution in [-0.4, -0.2) is 27.3 Å². The van der Waals surface area contributed by atoms with Gasteiger partial charge in [-0.15, -0.1) is 17.5 Å². The normalized spacial score (nSPS) is 10.5. The number of aromatic nitrogens is 4. The van der Waals surface area contributed by atoms with Gasteiger partial charge in [0.1, 0.15) is 5.82 Å². The van der Waals surface area contributed by atoms with Crippen LogP contribution in [-0.2, 0) is 19.7 Å². The maximum absolute atomic E-state index is 13.0. The van der Waals surface area contributed by atoms with Crippen molar-refractivity contribution >= 4 is 12.4 Å². The molecule has 1 heterocycles. The highest BCUT2D eigenvalue weighted by molar-refractivity contribution is 5.85. The second-order valence-corrected chi connectivity index (χ2v) is 7.35. The fourth-order valence-electron chi connectivity index (χ4n) is 3.22. The summed E-state index contributed by atoms with van der Waals surface area (Å²) < 4.78 is 26.1. The predicted octanol–water partition coefficient (Wildman–Crippen LogP) is 4.41. The number of aryl methyl sites for hydroxylation is 1. The first-order chi connectivity index (χ1) is 15.6. The van der Waals surface area contributed by atoms with Crippen molar-refractivity contribution < 1.29 is 13.9 Å². The Kier molecular flexibility index (Phi) is 8.34. The molecule has 0 aliphatic carbocycles. The van der Waals surface area contributed by atoms with Gasteiger partial charge in [-0.25, -0.2) is 4.39 Å². The fraction of sp³-hybridized carbons (Fsp3) is 0.208. The number of ether oxygens (including phenoxy) is 2. The summed E-state index contributed by atoms with van der Waals surface area (Å²) >= 11 is 0. The molecule has 0 aliphatic heterocycles. The Morgan fingerprint density at radius 1 is 0.909 bits per heavy atom. The van der Waals surface area contributed by atoms with Gasteiger partial charge in [0.15, 0.2) is 23.9 Å². The van der Waals surface area contributed by atoms with Crippen LogP contribution in [0.5, 0.6) is 11.5 Å². The molecule has 0 saturated carbocycles. The molecule has 0 spiro atoms. The average molecular weight is 470 g/mol. The summed E-state index contributed by atoms with van der Waals surface area (Å²) in [5.41, 5.74) is 4.09. The number of hydrogen-bond donors (Lipinski definition) is 1. The monoisotopic (exact) mass is 469 g/mol. The number of nitrogens with one attached hydrogen (secondary N) is 1. The molecule has 1 N–H and O–H groups in total. The Morgan fingerprint density at radius 3 is 2.33 bits per heavy atom. The number of nitrogens with zero attached hydrogens (tertiary/aromatic N) is 4. The lowest BCUT2D eigenvalue weighted by Crippen LogP contribution is -2.13. The second-order valence-electron chi connectivity index (χ2n) is 7.35. The van der Waals surface area contributed by atoms with E-state index in [0.717, 1.165) is 22.4 Å². The number of benzene rings is 3. The van der Waals surface area contributed by atoms with Crippen LogP contribution in [0.3, 0.4) is 0 Å². The Bertz CT molecular complexity index is 1170. The minimum absolute atomic E-state index is 0. The third-order valence-corrected chi connectivity index (χ3v) is 4.97. The molecule has 0 unspecified atom stereocenters. The van der Waals surface area contributed by atoms with E-state index in [2.05, 4.69) is 20.8 Å². The summed E-state index contributed by atoms with van der Waals surface area (Å²) in [7, 11) is 1.61. The molecule has 4 rings (SSSR count). The first kappa shape index (κ1) is 24.2. The predicted molar refractivity (Wildman–Crippen MR) is 125 cm³/mol. The van der Waals surface area contributed by atoms with E-state index in [1.165, 1.54) is 12.1 Å². The number of hydrogen-bond acceptors (Lipinski definition) is 6. The standard InChI is InChI=1S/C24H24FN5O2.ClH/c1-17-3-10-21(11-4-17)30-24(27-28-29-30)16-32-22-12-7-19(13-23(22)31-2)15-26-14-18-5-8-20(25)9-6-18;/h3-13,26H,14-16H2,1-2H3;1H. The second kappa shape index (κ2) is 11.4. The van der Waals surface area contributed by atoms with Gasteiger partial charge in [-0.05, 0) is 64.9 Å². The highest BCUT2D eigenvalue weighted by Crippen LogP contribution is 2.29. The Hall–Kier alpha value is -3.49. The van der Waals surface area contributed by atoms with Crippen LogP contribution in [0.2, 0.25) is 0 Å². The summed E-state index contributed by atoms with van der Waals surface area (Å²) in [4.78, 5) is 0. The molecule has 9 heteroatoms. The van der Waals surface area contributed by atoms with E-state index >= 15 is 0 Å². The van der Waals surface area contributed by atoms with Gasteiger partial charge in [0.25, 0.3) is 0 Å². The van der Waals surface area contributed by atoms with Crippen LogP contribution in [0.25, 0.3) is 5.69 Å². The van der Waals surface area contributed by atoms with Gasteiger partial charge in [-0.3, -0.25) is 0 Å². The lowest BCUT2D eigenvalue weighted by atomic mass is 10.2. The molecular formula is C24H25ClFN5O2. The zero-order chi connectivity index (χ0) is 22.3. The molecule has 0 bridgehead atoms. The molecule has 172 valence electrons. The lowest BCUT2D eigenvalue weighted by molar-refractivity contribution is 0.273. The molecule has 0 radical (unpaired) electrons. The minimum atomic E-state index is -0.234. The molecule has 0 saturated heterocycles. The highest BCUT2D eigenvalue weighted by Gasteiger charge is 2.12. The molecule has 0 aliphatic rings. The maximum atomic E-state index is 13.0. The van der Waals surface area contributed by atoms with E-state index in [4.69, 9.17) is 9.47 Å². The van der Waals surface area contributed by atoms with E-state index in [0.29, 0.717) is 30.4 Å². The van der Waals surface area contributed by atoms with Crippen molar-refractivity contribution in [3.8, 4) is 17.2 Å². The average Bonchev–Trinajstić information content (AvgIpc) is 3.28. The first-order valence-electron chi connectivity index (χ1n) is 10.2. The molecule has 1 aromatic heterocycles. The largest absolute Gasteiger partial charge is 0.493 e. The van der Waals surface area contributed by atoms with E-state index in [-0.39, 0.29) is 24.8 Å². The van der Waals surface area contributed by atoms with Crippen molar-refractivity contribution in [3.63, 3.8) is 0 Å². The summed E-state index contributed by atoms with van der Waals surface area (Å²) in [6.07, 6.45) is 0. The van der Waals surface area contributed by atoms with Gasteiger partial charge >= 0.3 is 0 Å². The highest BCUT2D eigenvalue weighted by atomic mass is 35.5. The van der Waals surface area contributed by atoms with Crippen molar-refractivity contribution in [2.24, 2.45) is 0 Å². The summed E-state index contributed by atoms with van der Waals surface area (Å²) in [5.74, 6) is 1.58. The van der Waals surface area contributed by atoms with Crippen LogP contribution in [0.4, 0.5) is 4.39 Å². The van der Waals surface area contributed by atoms with Crippen LogP contribution >= 0.6 is 12.4 Å². The molecule has 0 fully saturated rings. The smallest absolute Gasteiger partial charge is 0.194 e. The molecular weight excluding hydrogens is 445 g/mol. The van der Waals surface area contributed by atoms with E-state index in [1.807, 2.05) is 49.4 Å². The van der Waals surface area contributed by atoms with Gasteiger partial charge in [0.2, 0.25) is 0 Å². The lowest BCUT2D eigenvalue weighted by Gasteiger charge is -2.13. The Balaban J connectivity index is 0.00000306. The number of tetrazole rings is 1. The molecule has 33 heavy (non-hydrogen) atoms. The van der Waals surface area contributed by atoms with Crippen molar-refractivity contribution in [3.05, 3.63) is 95.1 Å². The number of methoxy groups -OCH3 is 1. The molecule has 3 aromatic carbocycles. The molecule has 0 atom stereocenters. The number of rotatable bonds is 9. The van der Waals surface area contributed by atoms with Crippen molar-refractivity contribution in [2.45, 2.75) is 26.6 Å². The third kappa shape index (κ3) is 6.27. The topological polar surface area (TPSA) is 74.1 Å². The third-order valence-electron chi connectivity index (χ3n) is 4.97. The van der Waals surface area contributed by atoms with Crippen molar-refractivity contribution in [1.82, 2.24) is 25.5 Å². The fourth-order valence-corrected chi connectivity index (χ4v) is 3.22. The van der Waals surface area contributed by atoms with Crippen LogP contribution in [0.15, 0.2) is 66.7 Å². The summed E-state index contributed by atoms with van der Waals surface area (Å²) in [6.45, 7) is 3.50. The van der Waals surface area contributed by atoms with Gasteiger partial charge in [0, 0.05) is 13.1 Å². The zero-order valence-electron chi connectivity index (χ0n) is 18.4. The maximum Gasteiger partial charge on any atom is 0.194 e. The minimum Gasteiger partial charge on any atom is -0.493 e. The molecule has 0 amide bonds. The quantitative estimate of drug-likeness (QED) is 0.391. The summed E-state index contributed by atoms with van der Waals surface area (Å²) in [5, 5.41) is 15.3. The van der Waals surface area contributed by atoms with Crippen molar-refractivity contribution in [1.29, 1.82) is 0 Å². The van der Waals surface area contributed by atoms with Crippen LogP contribution in [0.1, 0.15) is 22.5 Å². The van der Waals surface area contributed by atoms with Gasteiger partial charge in [0.05, 0.1) is 12.8 Å². The van der Waals surface area contributed by atoms with Gasteiger partial charge < -0.3 is 14.8 Å². The van der Waals surface area contributed by atoms with Crippen LogP contribution in [0, 0.1) is 12.7 Å². The Labute approximate surface area is 198 Å². The van der Waals surface area contributed by atoms with E-state index in [9.17, 15) is 4.39 Å². The molecule has 4 aromatic rings. The van der Waals surface area contributed by atoms with E-state index in [1.54, 1.807) is 23.9 Å². The summed E-state index contributed by atoms with van der Waals surface area (Å²) in [6, 6.07) is 20.2. The van der Waals surface area contributed by atoms with Crippen molar-refractivity contribution in [2.75, 3.05) is 7.11 Å². The van der Waals surface area contributed by atoms with E-state index < -0.39 is 0 Å². The van der Waals surface area contributed by atoms with Gasteiger partial charge in [-0.1, -0.05) is 35.9 Å².